The van der Waals surface area contributed by atoms with Crippen LogP contribution in [0, 0.1) is 13.8 Å². The molecule has 1 aromatic heterocycles. The zero-order valence-electron chi connectivity index (χ0n) is 11.6. The standard InChI is InChI=1S/C16H17NO3/c1-10-11(2)15(16(18)19)17-14(10)12(3)20-9-13-7-5-4-6-8-13/h4-8,17H,3,9H2,1-2H3,(H,18,19). The van der Waals surface area contributed by atoms with Crippen molar-refractivity contribution in [2.45, 2.75) is 20.5 Å². The molecule has 0 atom stereocenters. The van der Waals surface area contributed by atoms with Crippen LogP contribution in [0.3, 0.4) is 0 Å². The summed E-state index contributed by atoms with van der Waals surface area (Å²) in [5.41, 5.74) is 3.41. The van der Waals surface area contributed by atoms with Crippen LogP contribution in [0.15, 0.2) is 36.9 Å². The maximum Gasteiger partial charge on any atom is 0.352 e. The molecule has 104 valence electrons. The predicted molar refractivity (Wildman–Crippen MR) is 77.5 cm³/mol. The van der Waals surface area contributed by atoms with Crippen LogP contribution in [0.1, 0.15) is 32.9 Å². The van der Waals surface area contributed by atoms with Gasteiger partial charge < -0.3 is 14.8 Å². The summed E-state index contributed by atoms with van der Waals surface area (Å²) in [6.45, 7) is 7.89. The third-order valence-corrected chi connectivity index (χ3v) is 3.31. The van der Waals surface area contributed by atoms with Gasteiger partial charge in [0.05, 0.1) is 5.69 Å². The van der Waals surface area contributed by atoms with Crippen molar-refractivity contribution in [3.8, 4) is 0 Å². The van der Waals surface area contributed by atoms with Gasteiger partial charge in [0.1, 0.15) is 18.1 Å². The molecule has 0 aliphatic rings. The molecule has 0 saturated heterocycles. The lowest BCUT2D eigenvalue weighted by molar-refractivity contribution is 0.0690. The zero-order chi connectivity index (χ0) is 14.7. The number of rotatable bonds is 5. The van der Waals surface area contributed by atoms with Gasteiger partial charge in [-0.25, -0.2) is 4.79 Å². The van der Waals surface area contributed by atoms with Gasteiger partial charge in [-0.15, -0.1) is 0 Å². The van der Waals surface area contributed by atoms with Gasteiger partial charge >= 0.3 is 5.97 Å². The van der Waals surface area contributed by atoms with Gasteiger partial charge in [-0.05, 0) is 30.5 Å². The van der Waals surface area contributed by atoms with Crippen molar-refractivity contribution in [1.82, 2.24) is 4.98 Å². The van der Waals surface area contributed by atoms with Crippen LogP contribution in [0.25, 0.3) is 5.76 Å². The van der Waals surface area contributed by atoms with Gasteiger partial charge in [-0.3, -0.25) is 0 Å². The van der Waals surface area contributed by atoms with E-state index in [2.05, 4.69) is 11.6 Å². The van der Waals surface area contributed by atoms with Crippen LogP contribution in [-0.2, 0) is 11.3 Å². The quantitative estimate of drug-likeness (QED) is 0.818. The molecule has 1 heterocycles. The van der Waals surface area contributed by atoms with Gasteiger partial charge in [-0.1, -0.05) is 36.9 Å². The molecule has 0 fully saturated rings. The second kappa shape index (κ2) is 5.65. The lowest BCUT2D eigenvalue weighted by atomic mass is 10.1. The number of aromatic carboxylic acids is 1. The largest absolute Gasteiger partial charge is 0.487 e. The van der Waals surface area contributed by atoms with E-state index in [9.17, 15) is 4.79 Å². The van der Waals surface area contributed by atoms with Gasteiger partial charge in [-0.2, -0.15) is 0 Å². The molecular weight excluding hydrogens is 254 g/mol. The molecule has 0 spiro atoms. The van der Waals surface area contributed by atoms with E-state index in [1.807, 2.05) is 37.3 Å². The number of aromatic amines is 1. The summed E-state index contributed by atoms with van der Waals surface area (Å²) < 4.78 is 5.62. The van der Waals surface area contributed by atoms with Crippen molar-refractivity contribution < 1.29 is 14.6 Å². The number of ether oxygens (including phenoxy) is 1. The highest BCUT2D eigenvalue weighted by Gasteiger charge is 2.18. The Hall–Kier alpha value is -2.49. The minimum absolute atomic E-state index is 0.182. The first-order valence-electron chi connectivity index (χ1n) is 6.29. The Kier molecular flexibility index (Phi) is 3.94. The summed E-state index contributed by atoms with van der Waals surface area (Å²) in [7, 11) is 0. The molecular formula is C16H17NO3. The smallest absolute Gasteiger partial charge is 0.352 e. The number of hydrogen-bond donors (Lipinski definition) is 2. The number of hydrogen-bond acceptors (Lipinski definition) is 2. The first-order chi connectivity index (χ1) is 9.50. The Bertz CT molecular complexity index is 641. The van der Waals surface area contributed by atoms with Gasteiger partial charge in [0, 0.05) is 0 Å². The van der Waals surface area contributed by atoms with Crippen molar-refractivity contribution in [3.63, 3.8) is 0 Å². The van der Waals surface area contributed by atoms with E-state index in [-0.39, 0.29) is 5.69 Å². The molecule has 20 heavy (non-hydrogen) atoms. The molecule has 0 radical (unpaired) electrons. The molecule has 0 saturated carbocycles. The van der Waals surface area contributed by atoms with Gasteiger partial charge in [0.25, 0.3) is 0 Å². The maximum atomic E-state index is 11.1. The Labute approximate surface area is 117 Å². The summed E-state index contributed by atoms with van der Waals surface area (Å²) in [5, 5.41) is 9.09. The number of H-pyrrole nitrogens is 1. The highest BCUT2D eigenvalue weighted by atomic mass is 16.5. The number of carboxylic acid groups (broad SMARTS) is 1. The van der Waals surface area contributed by atoms with Crippen molar-refractivity contribution in [2.24, 2.45) is 0 Å². The SMILES string of the molecule is C=C(OCc1ccccc1)c1[nH]c(C(=O)O)c(C)c1C. The molecule has 0 aliphatic heterocycles. The molecule has 4 nitrogen and oxygen atoms in total. The number of aromatic nitrogens is 1. The van der Waals surface area contributed by atoms with Gasteiger partial charge in [0.15, 0.2) is 0 Å². The molecule has 2 N–H and O–H groups in total. The number of nitrogens with one attached hydrogen (secondary N) is 1. The van der Waals surface area contributed by atoms with Crippen LogP contribution in [0.4, 0.5) is 0 Å². The third kappa shape index (κ3) is 2.74. The average Bonchev–Trinajstić information content (AvgIpc) is 2.74. The van der Waals surface area contributed by atoms with E-state index in [1.54, 1.807) is 6.92 Å². The summed E-state index contributed by atoms with van der Waals surface area (Å²) >= 11 is 0. The van der Waals surface area contributed by atoms with Crippen LogP contribution in [0.2, 0.25) is 0 Å². The lowest BCUT2D eigenvalue weighted by Crippen LogP contribution is -1.99. The predicted octanol–water partition coefficient (Wildman–Crippen LogP) is 3.52. The minimum atomic E-state index is -0.979. The summed E-state index contributed by atoms with van der Waals surface area (Å²) in [6, 6.07) is 9.74. The van der Waals surface area contributed by atoms with Crippen LogP contribution in [-0.4, -0.2) is 16.1 Å². The summed E-state index contributed by atoms with van der Waals surface area (Å²) in [6.07, 6.45) is 0. The second-order valence-electron chi connectivity index (χ2n) is 4.63. The lowest BCUT2D eigenvalue weighted by Gasteiger charge is -2.09. The molecule has 1 aromatic carbocycles. The van der Waals surface area contributed by atoms with E-state index in [0.29, 0.717) is 23.6 Å². The van der Waals surface area contributed by atoms with Gasteiger partial charge in [0.2, 0.25) is 0 Å². The fourth-order valence-electron chi connectivity index (χ4n) is 2.00. The summed E-state index contributed by atoms with van der Waals surface area (Å²) in [4.78, 5) is 13.9. The van der Waals surface area contributed by atoms with E-state index < -0.39 is 5.97 Å². The highest BCUT2D eigenvalue weighted by molar-refractivity contribution is 5.89. The van der Waals surface area contributed by atoms with E-state index >= 15 is 0 Å². The van der Waals surface area contributed by atoms with E-state index in [1.165, 1.54) is 0 Å². The molecule has 2 aromatic rings. The molecule has 0 unspecified atom stereocenters. The monoisotopic (exact) mass is 271 g/mol. The second-order valence-corrected chi connectivity index (χ2v) is 4.63. The number of carbonyl (C=O) groups is 1. The van der Waals surface area contributed by atoms with Crippen LogP contribution < -0.4 is 0 Å². The first kappa shape index (κ1) is 13.9. The number of benzene rings is 1. The molecule has 2 rings (SSSR count). The summed E-state index contributed by atoms with van der Waals surface area (Å²) in [5.74, 6) is -0.533. The zero-order valence-corrected chi connectivity index (χ0v) is 11.6. The van der Waals surface area contributed by atoms with E-state index in [4.69, 9.17) is 9.84 Å². The average molecular weight is 271 g/mol. The Morgan fingerprint density at radius 3 is 2.35 bits per heavy atom. The van der Waals surface area contributed by atoms with Crippen LogP contribution >= 0.6 is 0 Å². The fourth-order valence-corrected chi connectivity index (χ4v) is 2.00. The first-order valence-corrected chi connectivity index (χ1v) is 6.29. The minimum Gasteiger partial charge on any atom is -0.487 e. The maximum absolute atomic E-state index is 11.1. The van der Waals surface area contributed by atoms with Crippen molar-refractivity contribution in [1.29, 1.82) is 0 Å². The van der Waals surface area contributed by atoms with Crippen molar-refractivity contribution in [3.05, 3.63) is 65.0 Å². The normalized spacial score (nSPS) is 10.3. The van der Waals surface area contributed by atoms with Crippen molar-refractivity contribution in [2.75, 3.05) is 0 Å². The van der Waals surface area contributed by atoms with Crippen LogP contribution in [0.5, 0.6) is 0 Å². The third-order valence-electron chi connectivity index (χ3n) is 3.31. The Morgan fingerprint density at radius 2 is 1.80 bits per heavy atom. The van der Waals surface area contributed by atoms with E-state index in [0.717, 1.165) is 11.1 Å². The molecule has 4 heteroatoms. The fraction of sp³-hybridized carbons (Fsp3) is 0.188. The Balaban J connectivity index is 2.14. The van der Waals surface area contributed by atoms with Crippen molar-refractivity contribution >= 4 is 11.7 Å². The molecule has 0 bridgehead atoms. The highest BCUT2D eigenvalue weighted by Crippen LogP contribution is 2.24. The molecule has 0 amide bonds. The Morgan fingerprint density at radius 1 is 1.20 bits per heavy atom. The number of carboxylic acids is 1. The molecule has 0 aliphatic carbocycles. The topological polar surface area (TPSA) is 62.3 Å².